The highest BCUT2D eigenvalue weighted by atomic mass is 32.2. The highest BCUT2D eigenvalue weighted by Gasteiger charge is 2.23. The van der Waals surface area contributed by atoms with Gasteiger partial charge in [0.15, 0.2) is 5.03 Å². The van der Waals surface area contributed by atoms with Crippen molar-refractivity contribution < 1.29 is 8.42 Å². The topological polar surface area (TPSA) is 69.8 Å². The van der Waals surface area contributed by atoms with Gasteiger partial charge in [-0.3, -0.25) is 0 Å². The Balaban J connectivity index is 2.30. The van der Waals surface area contributed by atoms with Crippen LogP contribution in [-0.4, -0.2) is 27.4 Å². The molecule has 18 heavy (non-hydrogen) atoms. The molecule has 3 aromatic rings. The summed E-state index contributed by atoms with van der Waals surface area (Å²) in [6.45, 7) is 0. The number of hydrogen-bond donors (Lipinski definition) is 0. The zero-order chi connectivity index (χ0) is 12.8. The Morgan fingerprint density at radius 2 is 1.89 bits per heavy atom. The summed E-state index contributed by atoms with van der Waals surface area (Å²) >= 11 is 0. The molecule has 2 heterocycles. The van der Waals surface area contributed by atoms with Crippen molar-refractivity contribution >= 4 is 21.1 Å². The number of para-hydroxylation sites is 1. The lowest BCUT2D eigenvalue weighted by Crippen LogP contribution is -2.17. The molecule has 0 aliphatic rings. The lowest BCUT2D eigenvalue weighted by atomic mass is 10.3. The minimum absolute atomic E-state index is 0.179. The van der Waals surface area contributed by atoms with Gasteiger partial charge in [-0.25, -0.2) is 0 Å². The van der Waals surface area contributed by atoms with E-state index in [-0.39, 0.29) is 5.03 Å². The van der Waals surface area contributed by atoms with Crippen LogP contribution in [0.3, 0.4) is 0 Å². The van der Waals surface area contributed by atoms with Crippen molar-refractivity contribution in [2.75, 3.05) is 0 Å². The van der Waals surface area contributed by atoms with Crippen molar-refractivity contribution in [3.05, 3.63) is 42.6 Å². The largest absolute Gasteiger partial charge is 0.340 e. The smallest absolute Gasteiger partial charge is 0.300 e. The molecule has 0 spiro atoms. The standard InChI is InChI=1S/C11H10N4O2S/c1-14-8-4-7-11(14)18(16,17)15-10-6-3-2-5-9(10)12-13-15/h2-8H,1H3. The molecule has 6 nitrogen and oxygen atoms in total. The van der Waals surface area contributed by atoms with Gasteiger partial charge in [0.1, 0.15) is 11.0 Å². The Hall–Kier alpha value is -2.15. The van der Waals surface area contributed by atoms with Crippen molar-refractivity contribution in [2.45, 2.75) is 5.03 Å². The van der Waals surface area contributed by atoms with Crippen molar-refractivity contribution in [2.24, 2.45) is 7.05 Å². The molecule has 0 saturated carbocycles. The van der Waals surface area contributed by atoms with Crippen LogP contribution >= 0.6 is 0 Å². The van der Waals surface area contributed by atoms with Gasteiger partial charge >= 0.3 is 10.0 Å². The quantitative estimate of drug-likeness (QED) is 0.691. The van der Waals surface area contributed by atoms with E-state index in [1.807, 2.05) is 0 Å². The minimum atomic E-state index is -3.70. The first-order chi connectivity index (χ1) is 8.60. The summed E-state index contributed by atoms with van der Waals surface area (Å²) in [6, 6.07) is 10.1. The van der Waals surface area contributed by atoms with E-state index in [2.05, 4.69) is 10.3 Å². The average molecular weight is 262 g/mol. The monoisotopic (exact) mass is 262 g/mol. The first-order valence-corrected chi connectivity index (χ1v) is 6.72. The van der Waals surface area contributed by atoms with Gasteiger partial charge in [0.25, 0.3) is 0 Å². The summed E-state index contributed by atoms with van der Waals surface area (Å²) in [5, 5.41) is 7.76. The molecule has 7 heteroatoms. The predicted octanol–water partition coefficient (Wildman–Crippen LogP) is 1.01. The summed E-state index contributed by atoms with van der Waals surface area (Å²) in [5.41, 5.74) is 1.02. The molecule has 92 valence electrons. The van der Waals surface area contributed by atoms with Gasteiger partial charge in [0.05, 0.1) is 0 Å². The zero-order valence-corrected chi connectivity index (χ0v) is 10.4. The van der Waals surface area contributed by atoms with Gasteiger partial charge < -0.3 is 4.57 Å². The van der Waals surface area contributed by atoms with Crippen LogP contribution in [0.1, 0.15) is 0 Å². The molecular formula is C11H10N4O2S. The van der Waals surface area contributed by atoms with Crippen LogP contribution in [0.25, 0.3) is 11.0 Å². The van der Waals surface area contributed by atoms with E-state index in [1.165, 1.54) is 10.6 Å². The Bertz CT molecular complexity index is 816. The lowest BCUT2D eigenvalue weighted by Gasteiger charge is -2.05. The number of fused-ring (bicyclic) bond motifs is 1. The van der Waals surface area contributed by atoms with Crippen LogP contribution in [0.4, 0.5) is 0 Å². The van der Waals surface area contributed by atoms with E-state index in [4.69, 9.17) is 0 Å². The summed E-state index contributed by atoms with van der Waals surface area (Å²) in [6.07, 6.45) is 1.67. The Morgan fingerprint density at radius 1 is 1.11 bits per heavy atom. The van der Waals surface area contributed by atoms with Crippen LogP contribution in [0, 0.1) is 0 Å². The maximum atomic E-state index is 12.4. The predicted molar refractivity (Wildman–Crippen MR) is 65.5 cm³/mol. The van der Waals surface area contributed by atoms with E-state index >= 15 is 0 Å². The number of rotatable bonds is 2. The maximum absolute atomic E-state index is 12.4. The van der Waals surface area contributed by atoms with Gasteiger partial charge in [0.2, 0.25) is 0 Å². The second kappa shape index (κ2) is 3.67. The number of benzene rings is 1. The summed E-state index contributed by atoms with van der Waals surface area (Å²) in [5.74, 6) is 0. The lowest BCUT2D eigenvalue weighted by molar-refractivity contribution is 0.569. The molecule has 0 saturated heterocycles. The van der Waals surface area contributed by atoms with Gasteiger partial charge in [-0.05, 0) is 24.3 Å². The fourth-order valence-corrected chi connectivity index (χ4v) is 3.23. The molecule has 0 fully saturated rings. The van der Waals surface area contributed by atoms with Gasteiger partial charge in [-0.1, -0.05) is 17.3 Å². The molecule has 2 aromatic heterocycles. The van der Waals surface area contributed by atoms with Crippen LogP contribution < -0.4 is 0 Å². The molecule has 0 amide bonds. The third-order valence-corrected chi connectivity index (χ3v) is 4.39. The second-order valence-electron chi connectivity index (χ2n) is 3.88. The van der Waals surface area contributed by atoms with E-state index < -0.39 is 10.0 Å². The normalized spacial score (nSPS) is 12.1. The molecule has 0 N–H and O–H groups in total. The fraction of sp³-hybridized carbons (Fsp3) is 0.0909. The van der Waals surface area contributed by atoms with Gasteiger partial charge in [0, 0.05) is 13.2 Å². The number of aromatic nitrogens is 4. The number of aryl methyl sites for hydroxylation is 1. The molecule has 0 atom stereocenters. The van der Waals surface area contributed by atoms with Crippen LogP contribution in [-0.2, 0) is 17.1 Å². The molecule has 0 aliphatic heterocycles. The molecule has 0 bridgehead atoms. The van der Waals surface area contributed by atoms with Crippen LogP contribution in [0.2, 0.25) is 0 Å². The highest BCUT2D eigenvalue weighted by Crippen LogP contribution is 2.18. The molecule has 3 rings (SSSR count). The van der Waals surface area contributed by atoms with Crippen molar-refractivity contribution in [3.8, 4) is 0 Å². The van der Waals surface area contributed by atoms with Gasteiger partial charge in [-0.2, -0.15) is 8.42 Å². The minimum Gasteiger partial charge on any atom is -0.340 e. The fourth-order valence-electron chi connectivity index (χ4n) is 1.83. The number of nitrogens with zero attached hydrogens (tertiary/aromatic N) is 4. The van der Waals surface area contributed by atoms with Crippen molar-refractivity contribution in [3.63, 3.8) is 0 Å². The maximum Gasteiger partial charge on any atom is 0.300 e. The van der Waals surface area contributed by atoms with E-state index in [1.54, 1.807) is 43.6 Å². The van der Waals surface area contributed by atoms with E-state index in [0.29, 0.717) is 11.0 Å². The number of hydrogen-bond acceptors (Lipinski definition) is 4. The van der Waals surface area contributed by atoms with E-state index in [9.17, 15) is 8.42 Å². The average Bonchev–Trinajstić information content (AvgIpc) is 2.95. The summed E-state index contributed by atoms with van der Waals surface area (Å²) in [4.78, 5) is 0. The third kappa shape index (κ3) is 1.44. The SMILES string of the molecule is Cn1cccc1S(=O)(=O)n1nnc2ccccc21. The molecule has 0 unspecified atom stereocenters. The van der Waals surface area contributed by atoms with Crippen molar-refractivity contribution in [1.29, 1.82) is 0 Å². The summed E-state index contributed by atoms with van der Waals surface area (Å²) < 4.78 is 27.4. The Kier molecular flexibility index (Phi) is 2.24. The molecule has 1 aromatic carbocycles. The molecular weight excluding hydrogens is 252 g/mol. The second-order valence-corrected chi connectivity index (χ2v) is 5.60. The van der Waals surface area contributed by atoms with E-state index in [0.717, 1.165) is 4.09 Å². The van der Waals surface area contributed by atoms with Crippen LogP contribution in [0.15, 0.2) is 47.6 Å². The Labute approximate surface area is 104 Å². The first-order valence-electron chi connectivity index (χ1n) is 5.28. The third-order valence-electron chi connectivity index (χ3n) is 2.71. The first kappa shape index (κ1) is 11.0. The van der Waals surface area contributed by atoms with Gasteiger partial charge in [-0.15, -0.1) is 9.19 Å². The van der Waals surface area contributed by atoms with Crippen molar-refractivity contribution in [1.82, 2.24) is 19.0 Å². The molecule has 0 aliphatic carbocycles. The van der Waals surface area contributed by atoms with Crippen LogP contribution in [0.5, 0.6) is 0 Å². The Morgan fingerprint density at radius 3 is 2.61 bits per heavy atom. The zero-order valence-electron chi connectivity index (χ0n) is 9.56. The molecule has 0 radical (unpaired) electrons. The summed E-state index contributed by atoms with van der Waals surface area (Å²) in [7, 11) is -2.03. The highest BCUT2D eigenvalue weighted by molar-refractivity contribution is 7.90.